The maximum atomic E-state index is 12.4. The summed E-state index contributed by atoms with van der Waals surface area (Å²) in [7, 11) is 0. The quantitative estimate of drug-likeness (QED) is 0.846. The van der Waals surface area contributed by atoms with Crippen LogP contribution in [-0.2, 0) is 4.75 Å². The molecule has 0 bridgehead atoms. The van der Waals surface area contributed by atoms with Gasteiger partial charge in [0.2, 0.25) is 5.88 Å². The maximum Gasteiger partial charge on any atom is 0.329 e. The number of thioether (sulfide) groups is 1. The van der Waals surface area contributed by atoms with Crippen molar-refractivity contribution >= 4 is 23.7 Å². The molecule has 2 unspecified atom stereocenters. The monoisotopic (exact) mass is 311 g/mol. The van der Waals surface area contributed by atoms with E-state index < -0.39 is 6.23 Å². The third kappa shape index (κ3) is 2.67. The Morgan fingerprint density at radius 2 is 2.29 bits per heavy atom. The fraction of sp³-hybridized carbons (Fsp3) is 0.571. The highest BCUT2D eigenvalue weighted by Crippen LogP contribution is 2.36. The lowest BCUT2D eigenvalue weighted by molar-refractivity contribution is 0.130. The summed E-state index contributed by atoms with van der Waals surface area (Å²) in [6, 6.07) is 1.07. The Kier molecular flexibility index (Phi) is 4.34. The minimum Gasteiger partial charge on any atom is -0.371 e. The highest BCUT2D eigenvalue weighted by Gasteiger charge is 2.44. The van der Waals surface area contributed by atoms with Crippen LogP contribution in [-0.4, -0.2) is 46.3 Å². The van der Waals surface area contributed by atoms with Crippen LogP contribution in [0, 0.1) is 0 Å². The summed E-state index contributed by atoms with van der Waals surface area (Å²) < 4.78 is 5.06. The lowest BCUT2D eigenvalue weighted by atomic mass is 10.1. The van der Waals surface area contributed by atoms with Crippen LogP contribution in [0.5, 0.6) is 0 Å². The second-order valence-electron chi connectivity index (χ2n) is 5.51. The minimum atomic E-state index is -0.962. The van der Waals surface area contributed by atoms with Crippen molar-refractivity contribution < 1.29 is 14.4 Å². The molecular formula is C14H21N3O3S. The van der Waals surface area contributed by atoms with E-state index in [-0.39, 0.29) is 22.7 Å². The third-order valence-electron chi connectivity index (χ3n) is 3.83. The van der Waals surface area contributed by atoms with E-state index in [4.69, 9.17) is 4.52 Å². The van der Waals surface area contributed by atoms with Gasteiger partial charge in [-0.05, 0) is 27.0 Å². The molecule has 1 N–H and O–H groups in total. The van der Waals surface area contributed by atoms with Crippen molar-refractivity contribution in [2.24, 2.45) is 0 Å². The number of aromatic nitrogens is 1. The van der Waals surface area contributed by atoms with Crippen molar-refractivity contribution in [1.82, 2.24) is 10.1 Å². The molecule has 2 rings (SSSR count). The Morgan fingerprint density at radius 1 is 1.62 bits per heavy atom. The van der Waals surface area contributed by atoms with Crippen LogP contribution in [0.15, 0.2) is 23.2 Å². The number of hydrogen-bond acceptors (Lipinski definition) is 5. The van der Waals surface area contributed by atoms with Crippen molar-refractivity contribution in [1.29, 1.82) is 0 Å². The largest absolute Gasteiger partial charge is 0.371 e. The van der Waals surface area contributed by atoms with Crippen LogP contribution in [0.4, 0.5) is 10.7 Å². The summed E-state index contributed by atoms with van der Waals surface area (Å²) >= 11 is 1.63. The SMILES string of the molecule is C=CCN1C(=O)N(c2cc(C(C)(C)SC)no2)C(O)C1C. The van der Waals surface area contributed by atoms with Crippen molar-refractivity contribution in [2.45, 2.75) is 37.8 Å². The molecule has 2 amide bonds. The van der Waals surface area contributed by atoms with E-state index in [9.17, 15) is 9.90 Å². The number of nitrogens with zero attached hydrogens (tertiary/aromatic N) is 3. The van der Waals surface area contributed by atoms with Crippen LogP contribution in [0.3, 0.4) is 0 Å². The van der Waals surface area contributed by atoms with Gasteiger partial charge in [0.25, 0.3) is 0 Å². The molecule has 1 aromatic rings. The van der Waals surface area contributed by atoms with Gasteiger partial charge in [0, 0.05) is 12.6 Å². The van der Waals surface area contributed by atoms with Gasteiger partial charge < -0.3 is 14.5 Å². The zero-order chi connectivity index (χ0) is 15.8. The fourth-order valence-corrected chi connectivity index (χ4v) is 2.48. The van der Waals surface area contributed by atoms with Crippen LogP contribution in [0.2, 0.25) is 0 Å². The van der Waals surface area contributed by atoms with E-state index in [0.29, 0.717) is 6.54 Å². The summed E-state index contributed by atoms with van der Waals surface area (Å²) in [6.07, 6.45) is 2.65. The van der Waals surface area contributed by atoms with Gasteiger partial charge in [0.15, 0.2) is 6.23 Å². The molecule has 1 fully saturated rings. The predicted octanol–water partition coefficient (Wildman–Crippen LogP) is 2.41. The second kappa shape index (κ2) is 5.73. The van der Waals surface area contributed by atoms with E-state index >= 15 is 0 Å². The van der Waals surface area contributed by atoms with Crippen LogP contribution in [0.1, 0.15) is 26.5 Å². The smallest absolute Gasteiger partial charge is 0.329 e. The number of hydrogen-bond donors (Lipinski definition) is 1. The summed E-state index contributed by atoms with van der Waals surface area (Å²) in [4.78, 5) is 15.2. The summed E-state index contributed by atoms with van der Waals surface area (Å²) in [5, 5.41) is 14.3. The molecule has 2 atom stereocenters. The Labute approximate surface area is 128 Å². The molecule has 116 valence electrons. The Bertz CT molecular complexity index is 543. The molecule has 21 heavy (non-hydrogen) atoms. The standard InChI is InChI=1S/C14H21N3O3S/c1-6-7-16-9(2)12(18)17(13(16)19)11-8-10(15-20-11)14(3,4)21-5/h6,8-9,12,18H,1,7H2,2-5H3. The normalized spacial score (nSPS) is 23.0. The lowest BCUT2D eigenvalue weighted by Crippen LogP contribution is -2.35. The number of carbonyl (C=O) groups is 1. The molecule has 0 saturated carbocycles. The highest BCUT2D eigenvalue weighted by molar-refractivity contribution is 7.99. The number of urea groups is 1. The Morgan fingerprint density at radius 3 is 2.86 bits per heavy atom. The first-order valence-corrected chi connectivity index (χ1v) is 7.97. The Balaban J connectivity index is 2.30. The summed E-state index contributed by atoms with van der Waals surface area (Å²) in [5.74, 6) is 0.267. The van der Waals surface area contributed by atoms with Crippen molar-refractivity contribution in [3.8, 4) is 0 Å². The van der Waals surface area contributed by atoms with E-state index in [1.807, 2.05) is 20.1 Å². The number of aliphatic hydroxyl groups is 1. The molecular weight excluding hydrogens is 290 g/mol. The fourth-order valence-electron chi connectivity index (χ4n) is 2.18. The van der Waals surface area contributed by atoms with Crippen LogP contribution < -0.4 is 4.90 Å². The van der Waals surface area contributed by atoms with Crippen molar-refractivity contribution in [2.75, 3.05) is 17.7 Å². The summed E-state index contributed by atoms with van der Waals surface area (Å²) in [5.41, 5.74) is 0.736. The lowest BCUT2D eigenvalue weighted by Gasteiger charge is -2.18. The van der Waals surface area contributed by atoms with E-state index in [2.05, 4.69) is 11.7 Å². The molecule has 2 heterocycles. The van der Waals surface area contributed by atoms with Gasteiger partial charge in [-0.25, -0.2) is 9.69 Å². The van der Waals surface area contributed by atoms with Gasteiger partial charge in [-0.1, -0.05) is 11.2 Å². The zero-order valence-electron chi connectivity index (χ0n) is 12.7. The average Bonchev–Trinajstić information content (AvgIpc) is 3.00. The van der Waals surface area contributed by atoms with Gasteiger partial charge >= 0.3 is 6.03 Å². The van der Waals surface area contributed by atoms with Gasteiger partial charge in [-0.3, -0.25) is 0 Å². The molecule has 0 aliphatic carbocycles. The predicted molar refractivity (Wildman–Crippen MR) is 83.3 cm³/mol. The first kappa shape index (κ1) is 15.9. The van der Waals surface area contributed by atoms with Gasteiger partial charge in [0.05, 0.1) is 10.8 Å². The molecule has 0 radical (unpaired) electrons. The maximum absolute atomic E-state index is 12.4. The number of amides is 2. The highest BCUT2D eigenvalue weighted by atomic mass is 32.2. The molecule has 0 aromatic carbocycles. The first-order chi connectivity index (χ1) is 9.83. The average molecular weight is 311 g/mol. The molecule has 6 nitrogen and oxygen atoms in total. The molecule has 1 saturated heterocycles. The molecule has 1 aromatic heterocycles. The van der Waals surface area contributed by atoms with Crippen molar-refractivity contribution in [3.63, 3.8) is 0 Å². The molecule has 1 aliphatic heterocycles. The Hall–Kier alpha value is -1.47. The second-order valence-corrected chi connectivity index (χ2v) is 6.94. The number of carbonyl (C=O) groups excluding carboxylic acids is 1. The van der Waals surface area contributed by atoms with Gasteiger partial charge in [0.1, 0.15) is 5.69 Å². The number of anilines is 1. The van der Waals surface area contributed by atoms with E-state index in [0.717, 1.165) is 5.69 Å². The van der Waals surface area contributed by atoms with E-state index in [1.54, 1.807) is 35.7 Å². The number of aliphatic hydroxyl groups excluding tert-OH is 1. The third-order valence-corrected chi connectivity index (χ3v) is 5.06. The summed E-state index contributed by atoms with van der Waals surface area (Å²) in [6.45, 7) is 9.84. The van der Waals surface area contributed by atoms with Gasteiger partial charge in [-0.15, -0.1) is 6.58 Å². The van der Waals surface area contributed by atoms with E-state index in [1.165, 1.54) is 4.90 Å². The molecule has 1 aliphatic rings. The first-order valence-electron chi connectivity index (χ1n) is 6.74. The van der Waals surface area contributed by atoms with Gasteiger partial charge in [-0.2, -0.15) is 11.8 Å². The zero-order valence-corrected chi connectivity index (χ0v) is 13.6. The van der Waals surface area contributed by atoms with Crippen LogP contribution >= 0.6 is 11.8 Å². The van der Waals surface area contributed by atoms with Crippen molar-refractivity contribution in [3.05, 3.63) is 24.4 Å². The molecule has 0 spiro atoms. The topological polar surface area (TPSA) is 69.8 Å². The van der Waals surface area contributed by atoms with Crippen LogP contribution in [0.25, 0.3) is 0 Å². The minimum absolute atomic E-state index is 0.220. The molecule has 7 heteroatoms. The number of rotatable bonds is 5.